The van der Waals surface area contributed by atoms with E-state index in [-0.39, 0.29) is 5.97 Å². The van der Waals surface area contributed by atoms with E-state index in [0.29, 0.717) is 12.4 Å². The van der Waals surface area contributed by atoms with E-state index in [1.807, 2.05) is 25.1 Å². The van der Waals surface area contributed by atoms with Crippen LogP contribution in [0, 0.1) is 0 Å². The van der Waals surface area contributed by atoms with Gasteiger partial charge in [0, 0.05) is 11.4 Å². The Morgan fingerprint density at radius 2 is 2.12 bits per heavy atom. The van der Waals surface area contributed by atoms with Crippen molar-refractivity contribution in [2.24, 2.45) is 0 Å². The van der Waals surface area contributed by atoms with Crippen molar-refractivity contribution >= 4 is 17.7 Å². The van der Waals surface area contributed by atoms with Crippen molar-refractivity contribution in [1.29, 1.82) is 0 Å². The molecule has 0 bridgehead atoms. The maximum atomic E-state index is 11.3. The zero-order valence-electron chi connectivity index (χ0n) is 10.4. The first-order valence-corrected chi connectivity index (χ1v) is 6.83. The Balaban J connectivity index is 2.54. The van der Waals surface area contributed by atoms with Crippen LogP contribution in [0.25, 0.3) is 0 Å². The first-order chi connectivity index (χ1) is 8.27. The molecule has 0 heterocycles. The Kier molecular flexibility index (Phi) is 6.74. The predicted molar refractivity (Wildman–Crippen MR) is 71.2 cm³/mol. The number of hydrogen-bond donors (Lipinski definition) is 1. The molecule has 17 heavy (non-hydrogen) atoms. The molecule has 0 aliphatic heterocycles. The second-order valence-electron chi connectivity index (χ2n) is 3.48. The molecule has 1 aromatic carbocycles. The highest BCUT2D eigenvalue weighted by molar-refractivity contribution is 8.00. The number of ether oxygens (including phenoxy) is 1. The van der Waals surface area contributed by atoms with Crippen LogP contribution in [-0.4, -0.2) is 24.9 Å². The minimum atomic E-state index is -0.157. The lowest BCUT2D eigenvalue weighted by Crippen LogP contribution is -2.12. The number of rotatable bonds is 7. The van der Waals surface area contributed by atoms with Crippen molar-refractivity contribution in [3.63, 3.8) is 0 Å². The molecule has 0 spiro atoms. The Labute approximate surface area is 107 Å². The van der Waals surface area contributed by atoms with E-state index in [9.17, 15) is 4.79 Å². The fourth-order valence-electron chi connectivity index (χ4n) is 1.39. The van der Waals surface area contributed by atoms with Crippen molar-refractivity contribution in [1.82, 2.24) is 5.32 Å². The molecular weight excluding hydrogens is 234 g/mol. The molecule has 0 aliphatic carbocycles. The van der Waals surface area contributed by atoms with E-state index in [0.717, 1.165) is 18.0 Å². The van der Waals surface area contributed by atoms with Crippen LogP contribution in [0.2, 0.25) is 0 Å². The van der Waals surface area contributed by atoms with Gasteiger partial charge >= 0.3 is 5.97 Å². The molecule has 4 heteroatoms. The van der Waals surface area contributed by atoms with Gasteiger partial charge in [0.2, 0.25) is 0 Å². The van der Waals surface area contributed by atoms with E-state index in [1.165, 1.54) is 17.3 Å². The second-order valence-corrected chi connectivity index (χ2v) is 4.50. The highest BCUT2D eigenvalue weighted by Crippen LogP contribution is 2.22. The summed E-state index contributed by atoms with van der Waals surface area (Å²) in [7, 11) is 0. The minimum Gasteiger partial charge on any atom is -0.465 e. The van der Waals surface area contributed by atoms with E-state index in [1.54, 1.807) is 0 Å². The zero-order chi connectivity index (χ0) is 12.5. The standard InChI is InChI=1S/C13H19NO2S/c1-3-14-9-11-7-5-6-8-12(11)17-10-13(15)16-4-2/h5-8,14H,3-4,9-10H2,1-2H3. The van der Waals surface area contributed by atoms with E-state index < -0.39 is 0 Å². The lowest BCUT2D eigenvalue weighted by Gasteiger charge is -2.09. The molecule has 3 nitrogen and oxygen atoms in total. The van der Waals surface area contributed by atoms with Crippen molar-refractivity contribution in [2.75, 3.05) is 18.9 Å². The Hall–Kier alpha value is -1.00. The molecular formula is C13H19NO2S. The summed E-state index contributed by atoms with van der Waals surface area (Å²) in [6, 6.07) is 8.12. The van der Waals surface area contributed by atoms with Gasteiger partial charge in [-0.15, -0.1) is 11.8 Å². The van der Waals surface area contributed by atoms with Crippen molar-refractivity contribution in [2.45, 2.75) is 25.3 Å². The fraction of sp³-hybridized carbons (Fsp3) is 0.462. The van der Waals surface area contributed by atoms with Crippen LogP contribution >= 0.6 is 11.8 Å². The number of nitrogens with one attached hydrogen (secondary N) is 1. The predicted octanol–water partition coefficient (Wildman–Crippen LogP) is 2.45. The third-order valence-electron chi connectivity index (χ3n) is 2.19. The van der Waals surface area contributed by atoms with Crippen LogP contribution < -0.4 is 5.32 Å². The summed E-state index contributed by atoms with van der Waals surface area (Å²) >= 11 is 1.53. The lowest BCUT2D eigenvalue weighted by molar-refractivity contribution is -0.139. The molecule has 0 aliphatic rings. The molecule has 94 valence electrons. The molecule has 1 rings (SSSR count). The summed E-state index contributed by atoms with van der Waals surface area (Å²) in [6.45, 7) is 6.12. The zero-order valence-corrected chi connectivity index (χ0v) is 11.2. The SMILES string of the molecule is CCNCc1ccccc1SCC(=O)OCC. The Morgan fingerprint density at radius 3 is 2.82 bits per heavy atom. The molecule has 0 saturated heterocycles. The van der Waals surface area contributed by atoms with E-state index in [2.05, 4.69) is 18.3 Å². The lowest BCUT2D eigenvalue weighted by atomic mass is 10.2. The summed E-state index contributed by atoms with van der Waals surface area (Å²) in [6.07, 6.45) is 0. The maximum Gasteiger partial charge on any atom is 0.316 e. The summed E-state index contributed by atoms with van der Waals surface area (Å²) < 4.78 is 4.91. The normalized spacial score (nSPS) is 10.2. The van der Waals surface area contributed by atoms with E-state index >= 15 is 0 Å². The summed E-state index contributed by atoms with van der Waals surface area (Å²) in [5.41, 5.74) is 1.23. The van der Waals surface area contributed by atoms with Crippen LogP contribution in [0.4, 0.5) is 0 Å². The number of benzene rings is 1. The molecule has 0 unspecified atom stereocenters. The van der Waals surface area contributed by atoms with Gasteiger partial charge in [-0.3, -0.25) is 4.79 Å². The second kappa shape index (κ2) is 8.14. The van der Waals surface area contributed by atoms with Crippen molar-refractivity contribution in [3.05, 3.63) is 29.8 Å². The number of thioether (sulfide) groups is 1. The van der Waals surface area contributed by atoms with Gasteiger partial charge in [-0.2, -0.15) is 0 Å². The molecule has 0 fully saturated rings. The largest absolute Gasteiger partial charge is 0.465 e. The highest BCUT2D eigenvalue weighted by atomic mass is 32.2. The third-order valence-corrected chi connectivity index (χ3v) is 3.28. The molecule has 0 radical (unpaired) electrons. The first-order valence-electron chi connectivity index (χ1n) is 5.85. The Morgan fingerprint density at radius 1 is 1.35 bits per heavy atom. The summed E-state index contributed by atoms with van der Waals surface area (Å²) in [5.74, 6) is 0.215. The van der Waals surface area contributed by atoms with Crippen LogP contribution in [0.15, 0.2) is 29.2 Å². The molecule has 1 aromatic rings. The molecule has 0 aromatic heterocycles. The van der Waals surface area contributed by atoms with Gasteiger partial charge in [-0.25, -0.2) is 0 Å². The van der Waals surface area contributed by atoms with Gasteiger partial charge < -0.3 is 10.1 Å². The van der Waals surface area contributed by atoms with Crippen LogP contribution in [0.5, 0.6) is 0 Å². The molecule has 1 N–H and O–H groups in total. The van der Waals surface area contributed by atoms with Crippen molar-refractivity contribution < 1.29 is 9.53 Å². The average Bonchev–Trinajstić information content (AvgIpc) is 2.35. The van der Waals surface area contributed by atoms with Crippen molar-refractivity contribution in [3.8, 4) is 0 Å². The van der Waals surface area contributed by atoms with Gasteiger partial charge in [0.05, 0.1) is 12.4 Å². The Bertz CT molecular complexity index is 355. The van der Waals surface area contributed by atoms with Gasteiger partial charge in [0.1, 0.15) is 0 Å². The smallest absolute Gasteiger partial charge is 0.316 e. The van der Waals surface area contributed by atoms with E-state index in [4.69, 9.17) is 4.74 Å². The maximum absolute atomic E-state index is 11.3. The topological polar surface area (TPSA) is 38.3 Å². The van der Waals surface area contributed by atoms with Crippen LogP contribution in [0.1, 0.15) is 19.4 Å². The number of carbonyl (C=O) groups is 1. The van der Waals surface area contributed by atoms with Crippen LogP contribution in [-0.2, 0) is 16.1 Å². The highest BCUT2D eigenvalue weighted by Gasteiger charge is 2.06. The van der Waals surface area contributed by atoms with Gasteiger partial charge in [-0.1, -0.05) is 25.1 Å². The number of esters is 1. The number of carbonyl (C=O) groups excluding carboxylic acids is 1. The third kappa shape index (κ3) is 5.24. The number of hydrogen-bond acceptors (Lipinski definition) is 4. The van der Waals surface area contributed by atoms with Crippen LogP contribution in [0.3, 0.4) is 0 Å². The summed E-state index contributed by atoms with van der Waals surface area (Å²) in [5, 5.41) is 3.29. The molecule has 0 amide bonds. The van der Waals surface area contributed by atoms with Gasteiger partial charge in [0.25, 0.3) is 0 Å². The van der Waals surface area contributed by atoms with Gasteiger partial charge in [-0.05, 0) is 25.1 Å². The summed E-state index contributed by atoms with van der Waals surface area (Å²) in [4.78, 5) is 12.4. The average molecular weight is 253 g/mol. The fourth-order valence-corrected chi connectivity index (χ4v) is 2.25. The first kappa shape index (κ1) is 14.1. The minimum absolute atomic E-state index is 0.157. The quantitative estimate of drug-likeness (QED) is 0.598. The monoisotopic (exact) mass is 253 g/mol. The molecule has 0 saturated carbocycles. The van der Waals surface area contributed by atoms with Gasteiger partial charge in [0.15, 0.2) is 0 Å². The molecule has 0 atom stereocenters.